The molecule has 0 aliphatic rings. The monoisotopic (exact) mass is 284 g/mol. The third-order valence-electron chi connectivity index (χ3n) is 2.90. The molecule has 2 aromatic carbocycles. The fourth-order valence-corrected chi connectivity index (χ4v) is 2.98. The molecule has 0 radical (unpaired) electrons. The Bertz CT molecular complexity index is 618. The normalized spacial score (nSPS) is 11.3. The van der Waals surface area contributed by atoms with Crippen molar-refractivity contribution >= 4 is 22.6 Å². The van der Waals surface area contributed by atoms with Gasteiger partial charge in [0.25, 0.3) is 0 Å². The van der Waals surface area contributed by atoms with Gasteiger partial charge < -0.3 is 5.11 Å². The highest BCUT2D eigenvalue weighted by molar-refractivity contribution is 8.07. The fourth-order valence-electron chi connectivity index (χ4n) is 1.89. The van der Waals surface area contributed by atoms with E-state index in [1.807, 2.05) is 61.5 Å². The lowest BCUT2D eigenvalue weighted by atomic mass is 10.1. The van der Waals surface area contributed by atoms with Gasteiger partial charge in [0.1, 0.15) is 0 Å². The molecule has 0 spiro atoms. The number of carboxylic acids is 1. The number of carbonyl (C=O) groups is 1. The first-order chi connectivity index (χ1) is 9.66. The molecule has 0 amide bonds. The smallest absolute Gasteiger partial charge is 0.329 e. The van der Waals surface area contributed by atoms with Crippen molar-refractivity contribution in [1.82, 2.24) is 0 Å². The first-order valence-electron chi connectivity index (χ1n) is 6.34. The van der Waals surface area contributed by atoms with Gasteiger partial charge in [-0.25, -0.2) is 4.79 Å². The van der Waals surface area contributed by atoms with Crippen molar-refractivity contribution in [2.24, 2.45) is 0 Å². The van der Waals surface area contributed by atoms with Gasteiger partial charge in [-0.2, -0.15) is 0 Å². The molecule has 0 atom stereocenters. The number of hydrogen-bond acceptors (Lipinski definition) is 2. The van der Waals surface area contributed by atoms with Crippen LogP contribution in [0.2, 0.25) is 0 Å². The van der Waals surface area contributed by atoms with Gasteiger partial charge in [0.2, 0.25) is 0 Å². The summed E-state index contributed by atoms with van der Waals surface area (Å²) in [5.41, 5.74) is 3.25. The maximum Gasteiger partial charge on any atom is 0.329 e. The minimum absolute atomic E-state index is 0.758. The van der Waals surface area contributed by atoms with Crippen LogP contribution < -0.4 is 0 Å². The van der Waals surface area contributed by atoms with Crippen molar-refractivity contribution in [3.8, 4) is 0 Å². The van der Waals surface area contributed by atoms with E-state index in [9.17, 15) is 4.79 Å². The SMILES string of the molecule is Cc1ccccc1/C(=C/C(=O)O)SCc1ccccc1. The predicted octanol–water partition coefficient (Wildman–Crippen LogP) is 4.35. The minimum atomic E-state index is -0.913. The zero-order valence-electron chi connectivity index (χ0n) is 11.2. The maximum absolute atomic E-state index is 11.0. The molecule has 0 bridgehead atoms. The second kappa shape index (κ2) is 6.96. The summed E-state index contributed by atoms with van der Waals surface area (Å²) in [5.74, 6) is -0.155. The summed E-state index contributed by atoms with van der Waals surface area (Å²) in [4.78, 5) is 11.8. The number of benzene rings is 2. The number of thioether (sulfide) groups is 1. The molecular weight excluding hydrogens is 268 g/mol. The van der Waals surface area contributed by atoms with E-state index >= 15 is 0 Å². The standard InChI is InChI=1S/C17H16O2S/c1-13-7-5-6-10-15(13)16(11-17(18)19)20-12-14-8-3-2-4-9-14/h2-11H,12H2,1H3,(H,18,19)/b16-11-. The highest BCUT2D eigenvalue weighted by Crippen LogP contribution is 2.32. The van der Waals surface area contributed by atoms with Crippen molar-refractivity contribution in [3.05, 3.63) is 77.4 Å². The van der Waals surface area contributed by atoms with E-state index in [0.717, 1.165) is 21.8 Å². The van der Waals surface area contributed by atoms with Gasteiger partial charge in [0.05, 0.1) is 0 Å². The third-order valence-corrected chi connectivity index (χ3v) is 4.03. The summed E-state index contributed by atoms with van der Waals surface area (Å²) < 4.78 is 0. The maximum atomic E-state index is 11.0. The van der Waals surface area contributed by atoms with Gasteiger partial charge in [-0.15, -0.1) is 11.8 Å². The molecule has 2 aromatic rings. The van der Waals surface area contributed by atoms with Crippen LogP contribution in [0, 0.1) is 6.92 Å². The predicted molar refractivity (Wildman–Crippen MR) is 84.5 cm³/mol. The van der Waals surface area contributed by atoms with Crippen LogP contribution in [-0.2, 0) is 10.5 Å². The molecule has 3 heteroatoms. The zero-order valence-corrected chi connectivity index (χ0v) is 12.1. The van der Waals surface area contributed by atoms with Crippen LogP contribution in [0.25, 0.3) is 4.91 Å². The van der Waals surface area contributed by atoms with Crippen molar-refractivity contribution in [1.29, 1.82) is 0 Å². The van der Waals surface area contributed by atoms with Crippen molar-refractivity contribution in [2.75, 3.05) is 0 Å². The van der Waals surface area contributed by atoms with E-state index in [4.69, 9.17) is 5.11 Å². The second-order valence-electron chi connectivity index (χ2n) is 4.44. The number of aryl methyl sites for hydroxylation is 1. The molecule has 0 aromatic heterocycles. The highest BCUT2D eigenvalue weighted by atomic mass is 32.2. The molecular formula is C17H16O2S. The molecule has 0 heterocycles. The average Bonchev–Trinajstić information content (AvgIpc) is 2.45. The van der Waals surface area contributed by atoms with E-state index in [1.54, 1.807) is 11.8 Å². The third kappa shape index (κ3) is 4.00. The van der Waals surface area contributed by atoms with Gasteiger partial charge >= 0.3 is 5.97 Å². The van der Waals surface area contributed by atoms with Gasteiger partial charge in [0, 0.05) is 16.7 Å². The Hall–Kier alpha value is -2.00. The van der Waals surface area contributed by atoms with Gasteiger partial charge in [-0.1, -0.05) is 54.6 Å². The van der Waals surface area contributed by atoms with E-state index in [-0.39, 0.29) is 0 Å². The van der Waals surface area contributed by atoms with Crippen LogP contribution >= 0.6 is 11.8 Å². The van der Waals surface area contributed by atoms with Crippen LogP contribution in [0.1, 0.15) is 16.7 Å². The lowest BCUT2D eigenvalue weighted by Crippen LogP contribution is -1.93. The van der Waals surface area contributed by atoms with Gasteiger partial charge in [0.15, 0.2) is 0 Å². The zero-order chi connectivity index (χ0) is 14.4. The van der Waals surface area contributed by atoms with Crippen LogP contribution in [0.15, 0.2) is 60.7 Å². The Morgan fingerprint density at radius 1 is 1.10 bits per heavy atom. The lowest BCUT2D eigenvalue weighted by Gasteiger charge is -2.10. The summed E-state index contributed by atoms with van der Waals surface area (Å²) in [5, 5.41) is 9.04. The molecule has 2 nitrogen and oxygen atoms in total. The largest absolute Gasteiger partial charge is 0.478 e. The summed E-state index contributed by atoms with van der Waals surface area (Å²) in [6, 6.07) is 17.9. The molecule has 0 aliphatic heterocycles. The Morgan fingerprint density at radius 3 is 2.40 bits per heavy atom. The minimum Gasteiger partial charge on any atom is -0.478 e. The van der Waals surface area contributed by atoms with Gasteiger partial charge in [-0.3, -0.25) is 0 Å². The topological polar surface area (TPSA) is 37.3 Å². The Labute approximate surface area is 123 Å². The van der Waals surface area contributed by atoms with E-state index in [2.05, 4.69) is 0 Å². The molecule has 0 aliphatic carbocycles. The Morgan fingerprint density at radius 2 is 1.75 bits per heavy atom. The molecule has 1 N–H and O–H groups in total. The lowest BCUT2D eigenvalue weighted by molar-refractivity contribution is -0.131. The van der Waals surface area contributed by atoms with Crippen LogP contribution in [0.5, 0.6) is 0 Å². The molecule has 0 saturated heterocycles. The summed E-state index contributed by atoms with van der Waals surface area (Å²) >= 11 is 1.55. The summed E-state index contributed by atoms with van der Waals surface area (Å²) in [7, 11) is 0. The molecule has 0 fully saturated rings. The Balaban J connectivity index is 2.22. The highest BCUT2D eigenvalue weighted by Gasteiger charge is 2.08. The van der Waals surface area contributed by atoms with Crippen molar-refractivity contribution in [3.63, 3.8) is 0 Å². The number of hydrogen-bond donors (Lipinski definition) is 1. The number of carboxylic acid groups (broad SMARTS) is 1. The summed E-state index contributed by atoms with van der Waals surface area (Å²) in [6.45, 7) is 1.99. The molecule has 2 rings (SSSR count). The van der Waals surface area contributed by atoms with Crippen LogP contribution in [0.3, 0.4) is 0 Å². The molecule has 0 unspecified atom stereocenters. The Kier molecular flexibility index (Phi) is 5.02. The quantitative estimate of drug-likeness (QED) is 0.829. The molecule has 0 saturated carbocycles. The summed E-state index contributed by atoms with van der Waals surface area (Å²) in [6.07, 6.45) is 1.29. The van der Waals surface area contributed by atoms with Crippen molar-refractivity contribution < 1.29 is 9.90 Å². The molecule has 20 heavy (non-hydrogen) atoms. The molecule has 102 valence electrons. The average molecular weight is 284 g/mol. The van der Waals surface area contributed by atoms with Gasteiger partial charge in [-0.05, 0) is 23.6 Å². The van der Waals surface area contributed by atoms with E-state index in [0.29, 0.717) is 0 Å². The number of aliphatic carboxylic acids is 1. The van der Waals surface area contributed by atoms with E-state index < -0.39 is 5.97 Å². The van der Waals surface area contributed by atoms with Crippen molar-refractivity contribution in [2.45, 2.75) is 12.7 Å². The van der Waals surface area contributed by atoms with Crippen LogP contribution in [-0.4, -0.2) is 11.1 Å². The second-order valence-corrected chi connectivity index (χ2v) is 5.45. The number of rotatable bonds is 5. The fraction of sp³-hybridized carbons (Fsp3) is 0.118. The van der Waals surface area contributed by atoms with E-state index in [1.165, 1.54) is 11.6 Å². The first-order valence-corrected chi connectivity index (χ1v) is 7.33. The van der Waals surface area contributed by atoms with Crippen LogP contribution in [0.4, 0.5) is 0 Å². The first kappa shape index (κ1) is 14.4.